The molecule has 0 heterocycles. The van der Waals surface area contributed by atoms with E-state index in [1.807, 2.05) is 19.2 Å². The predicted octanol–water partition coefficient (Wildman–Crippen LogP) is 2.36. The first-order valence-corrected chi connectivity index (χ1v) is 8.79. The first-order valence-electron chi connectivity index (χ1n) is 7.35. The third-order valence-electron chi connectivity index (χ3n) is 3.61. The van der Waals surface area contributed by atoms with E-state index in [1.54, 1.807) is 16.4 Å². The van der Waals surface area contributed by atoms with Crippen LogP contribution in [-0.4, -0.2) is 32.4 Å². The Kier molecular flexibility index (Phi) is 5.18. The van der Waals surface area contributed by atoms with Gasteiger partial charge in [-0.15, -0.1) is 0 Å². The van der Waals surface area contributed by atoms with Gasteiger partial charge in [0.1, 0.15) is 0 Å². The molecule has 0 aliphatic heterocycles. The molecule has 1 aliphatic rings. The molecule has 0 amide bonds. The lowest BCUT2D eigenvalue weighted by Gasteiger charge is -2.23. The summed E-state index contributed by atoms with van der Waals surface area (Å²) in [5, 5.41) is 3.04. The molecule has 20 heavy (non-hydrogen) atoms. The highest BCUT2D eigenvalue weighted by atomic mass is 32.2. The summed E-state index contributed by atoms with van der Waals surface area (Å²) in [6.07, 6.45) is 3.93. The van der Waals surface area contributed by atoms with Crippen molar-refractivity contribution in [3.05, 3.63) is 29.8 Å². The second-order valence-electron chi connectivity index (χ2n) is 5.34. The van der Waals surface area contributed by atoms with Crippen LogP contribution in [0.15, 0.2) is 29.2 Å². The summed E-state index contributed by atoms with van der Waals surface area (Å²) in [6, 6.07) is 7.52. The van der Waals surface area contributed by atoms with Crippen LogP contribution in [-0.2, 0) is 16.6 Å². The zero-order valence-electron chi connectivity index (χ0n) is 12.3. The van der Waals surface area contributed by atoms with Crippen LogP contribution in [0.1, 0.15) is 38.2 Å². The summed E-state index contributed by atoms with van der Waals surface area (Å²) < 4.78 is 27.5. The van der Waals surface area contributed by atoms with Crippen molar-refractivity contribution >= 4 is 10.0 Å². The Hall–Kier alpha value is -0.910. The van der Waals surface area contributed by atoms with Gasteiger partial charge in [-0.25, -0.2) is 8.42 Å². The van der Waals surface area contributed by atoms with Gasteiger partial charge < -0.3 is 5.32 Å². The van der Waals surface area contributed by atoms with Gasteiger partial charge in [-0.1, -0.05) is 31.5 Å². The number of unbranched alkanes of at least 4 members (excludes halogenated alkanes) is 1. The molecule has 0 saturated heterocycles. The fourth-order valence-electron chi connectivity index (χ4n) is 2.39. The number of sulfonamides is 1. The van der Waals surface area contributed by atoms with Crippen LogP contribution in [0.3, 0.4) is 0 Å². The highest BCUT2D eigenvalue weighted by Crippen LogP contribution is 2.33. The Morgan fingerprint density at radius 1 is 1.30 bits per heavy atom. The Bertz CT molecular complexity index is 539. The van der Waals surface area contributed by atoms with E-state index in [1.165, 1.54) is 0 Å². The Morgan fingerprint density at radius 3 is 2.60 bits per heavy atom. The van der Waals surface area contributed by atoms with E-state index in [4.69, 9.17) is 0 Å². The molecule has 0 unspecified atom stereocenters. The van der Waals surface area contributed by atoms with Crippen molar-refractivity contribution in [3.63, 3.8) is 0 Å². The molecule has 0 bridgehead atoms. The Balaban J connectivity index is 2.32. The maximum atomic E-state index is 12.9. The minimum atomic E-state index is -3.37. The molecule has 1 N–H and O–H groups in total. The Labute approximate surface area is 122 Å². The molecule has 1 aliphatic carbocycles. The maximum Gasteiger partial charge on any atom is 0.243 e. The first kappa shape index (κ1) is 15.5. The van der Waals surface area contributed by atoms with Gasteiger partial charge in [0, 0.05) is 19.1 Å². The summed E-state index contributed by atoms with van der Waals surface area (Å²) in [5.74, 6) is 0. The number of hydrogen-bond donors (Lipinski definition) is 1. The number of rotatable bonds is 8. The molecule has 1 fully saturated rings. The van der Waals surface area contributed by atoms with E-state index in [2.05, 4.69) is 12.2 Å². The molecule has 1 saturated carbocycles. The molecule has 112 valence electrons. The van der Waals surface area contributed by atoms with Gasteiger partial charge in [-0.3, -0.25) is 0 Å². The average Bonchev–Trinajstić information content (AvgIpc) is 3.24. The van der Waals surface area contributed by atoms with E-state index in [9.17, 15) is 8.42 Å². The lowest BCUT2D eigenvalue weighted by Crippen LogP contribution is -2.34. The minimum Gasteiger partial charge on any atom is -0.316 e. The van der Waals surface area contributed by atoms with Gasteiger partial charge in [0.25, 0.3) is 0 Å². The highest BCUT2D eigenvalue weighted by Gasteiger charge is 2.38. The fraction of sp³-hybridized carbons (Fsp3) is 0.600. The normalized spacial score (nSPS) is 15.8. The van der Waals surface area contributed by atoms with Crippen molar-refractivity contribution in [1.29, 1.82) is 0 Å². The number of hydrogen-bond acceptors (Lipinski definition) is 3. The standard InChI is InChI=1S/C15H24N2O2S/c1-3-4-11-17(14-9-10-14)20(18,19)15-8-6-5-7-13(15)12-16-2/h5-8,14,16H,3-4,9-12H2,1-2H3. The van der Waals surface area contributed by atoms with Crippen molar-refractivity contribution in [2.24, 2.45) is 0 Å². The molecule has 0 aromatic heterocycles. The second-order valence-corrected chi connectivity index (χ2v) is 7.20. The second kappa shape index (κ2) is 6.70. The Morgan fingerprint density at radius 2 is 2.00 bits per heavy atom. The summed E-state index contributed by atoms with van der Waals surface area (Å²) in [4.78, 5) is 0.456. The van der Waals surface area contributed by atoms with E-state index in [0.29, 0.717) is 18.0 Å². The van der Waals surface area contributed by atoms with E-state index in [-0.39, 0.29) is 6.04 Å². The van der Waals surface area contributed by atoms with E-state index in [0.717, 1.165) is 31.2 Å². The summed E-state index contributed by atoms with van der Waals surface area (Å²) in [6.45, 7) is 3.30. The quantitative estimate of drug-likeness (QED) is 0.801. The zero-order chi connectivity index (χ0) is 14.6. The van der Waals surface area contributed by atoms with Gasteiger partial charge in [-0.2, -0.15) is 4.31 Å². The lowest BCUT2D eigenvalue weighted by molar-refractivity contribution is 0.395. The van der Waals surface area contributed by atoms with Crippen molar-refractivity contribution in [3.8, 4) is 0 Å². The summed E-state index contributed by atoms with van der Waals surface area (Å²) in [7, 11) is -1.54. The smallest absolute Gasteiger partial charge is 0.243 e. The summed E-state index contributed by atoms with van der Waals surface area (Å²) in [5.41, 5.74) is 0.845. The summed E-state index contributed by atoms with van der Waals surface area (Å²) >= 11 is 0. The van der Waals surface area contributed by atoms with Crippen molar-refractivity contribution in [1.82, 2.24) is 9.62 Å². The number of benzene rings is 1. The molecule has 4 nitrogen and oxygen atoms in total. The van der Waals surface area contributed by atoms with Crippen LogP contribution in [0.5, 0.6) is 0 Å². The van der Waals surface area contributed by atoms with Gasteiger partial charge in [-0.05, 0) is 37.9 Å². The molecule has 0 spiro atoms. The predicted molar refractivity (Wildman–Crippen MR) is 81.0 cm³/mol. The highest BCUT2D eigenvalue weighted by molar-refractivity contribution is 7.89. The van der Waals surface area contributed by atoms with E-state index < -0.39 is 10.0 Å². The zero-order valence-corrected chi connectivity index (χ0v) is 13.1. The maximum absolute atomic E-state index is 12.9. The van der Waals surface area contributed by atoms with Crippen LogP contribution in [0.2, 0.25) is 0 Å². The van der Waals surface area contributed by atoms with Crippen molar-refractivity contribution < 1.29 is 8.42 Å². The van der Waals surface area contributed by atoms with Crippen LogP contribution in [0.25, 0.3) is 0 Å². The van der Waals surface area contributed by atoms with Crippen LogP contribution < -0.4 is 5.32 Å². The topological polar surface area (TPSA) is 49.4 Å². The van der Waals surface area contributed by atoms with Crippen LogP contribution >= 0.6 is 0 Å². The molecule has 2 rings (SSSR count). The molecule has 0 radical (unpaired) electrons. The molecule has 1 aromatic carbocycles. The van der Waals surface area contributed by atoms with Gasteiger partial charge >= 0.3 is 0 Å². The van der Waals surface area contributed by atoms with Crippen LogP contribution in [0, 0.1) is 0 Å². The molecular weight excluding hydrogens is 272 g/mol. The SMILES string of the molecule is CCCCN(C1CC1)S(=O)(=O)c1ccccc1CNC. The average molecular weight is 296 g/mol. The van der Waals surface area contributed by atoms with Crippen molar-refractivity contribution in [2.45, 2.75) is 50.1 Å². The third-order valence-corrected chi connectivity index (χ3v) is 5.66. The molecule has 0 atom stereocenters. The lowest BCUT2D eigenvalue weighted by atomic mass is 10.2. The monoisotopic (exact) mass is 296 g/mol. The molecule has 5 heteroatoms. The van der Waals surface area contributed by atoms with E-state index >= 15 is 0 Å². The molecule has 1 aromatic rings. The first-order chi connectivity index (χ1) is 9.61. The third kappa shape index (κ3) is 3.40. The van der Waals surface area contributed by atoms with Gasteiger partial charge in [0.15, 0.2) is 0 Å². The van der Waals surface area contributed by atoms with Gasteiger partial charge in [0.05, 0.1) is 4.90 Å². The largest absolute Gasteiger partial charge is 0.316 e. The van der Waals surface area contributed by atoms with Crippen LogP contribution in [0.4, 0.5) is 0 Å². The number of nitrogens with zero attached hydrogens (tertiary/aromatic N) is 1. The minimum absolute atomic E-state index is 0.217. The number of nitrogens with one attached hydrogen (secondary N) is 1. The molecular formula is C15H24N2O2S. The van der Waals surface area contributed by atoms with Gasteiger partial charge in [0.2, 0.25) is 10.0 Å². The fourth-order valence-corrected chi connectivity index (χ4v) is 4.34. The van der Waals surface area contributed by atoms with Crippen molar-refractivity contribution in [2.75, 3.05) is 13.6 Å².